The van der Waals surface area contributed by atoms with Gasteiger partial charge in [0.25, 0.3) is 0 Å². The Bertz CT molecular complexity index is 379. The van der Waals surface area contributed by atoms with Gasteiger partial charge in [0.05, 0.1) is 5.02 Å². The molecule has 0 amide bonds. The second-order valence-electron chi connectivity index (χ2n) is 5.55. The Hall–Kier alpha value is -0.0900. The van der Waals surface area contributed by atoms with Crippen LogP contribution >= 0.6 is 22.9 Å². The van der Waals surface area contributed by atoms with E-state index in [2.05, 4.69) is 16.3 Å². The molecule has 18 heavy (non-hydrogen) atoms. The average molecular weight is 285 g/mol. The number of hydrogen-bond donors (Lipinski definition) is 1. The summed E-state index contributed by atoms with van der Waals surface area (Å²) in [5.74, 6) is 0.913. The lowest BCUT2D eigenvalue weighted by atomic mass is 9.88. The van der Waals surface area contributed by atoms with Crippen molar-refractivity contribution < 1.29 is 0 Å². The lowest BCUT2D eigenvalue weighted by Gasteiger charge is -2.34. The summed E-state index contributed by atoms with van der Waals surface area (Å²) >= 11 is 7.75. The molecule has 1 atom stereocenters. The van der Waals surface area contributed by atoms with Crippen LogP contribution in [0.2, 0.25) is 5.02 Å². The van der Waals surface area contributed by atoms with Crippen LogP contribution in [0, 0.1) is 5.92 Å². The zero-order valence-corrected chi connectivity index (χ0v) is 12.3. The van der Waals surface area contributed by atoms with Gasteiger partial charge in [-0.1, -0.05) is 11.6 Å². The van der Waals surface area contributed by atoms with Crippen molar-refractivity contribution in [2.45, 2.75) is 38.3 Å². The Morgan fingerprint density at radius 3 is 2.78 bits per heavy atom. The van der Waals surface area contributed by atoms with E-state index in [1.165, 1.54) is 50.2 Å². The molecule has 100 valence electrons. The summed E-state index contributed by atoms with van der Waals surface area (Å²) in [7, 11) is 0. The van der Waals surface area contributed by atoms with Crippen molar-refractivity contribution in [3.8, 4) is 0 Å². The Balaban J connectivity index is 1.47. The van der Waals surface area contributed by atoms with E-state index in [0.717, 1.165) is 23.5 Å². The number of nitrogens with zero attached hydrogens (tertiary/aromatic N) is 1. The molecule has 0 saturated carbocycles. The number of piperidine rings is 1. The van der Waals surface area contributed by atoms with Crippen LogP contribution in [0.4, 0.5) is 0 Å². The first-order chi connectivity index (χ1) is 8.81. The quantitative estimate of drug-likeness (QED) is 0.916. The third-order valence-corrected chi connectivity index (χ3v) is 5.57. The third kappa shape index (κ3) is 3.08. The normalized spacial score (nSPS) is 26.8. The molecule has 0 aliphatic carbocycles. The molecule has 0 aromatic carbocycles. The minimum atomic E-state index is 0.809. The molecule has 1 aromatic heterocycles. The molecule has 0 radical (unpaired) electrons. The van der Waals surface area contributed by atoms with Gasteiger partial charge in [-0.15, -0.1) is 11.3 Å². The predicted molar refractivity (Wildman–Crippen MR) is 78.4 cm³/mol. The number of hydrogen-bond acceptors (Lipinski definition) is 3. The van der Waals surface area contributed by atoms with Gasteiger partial charge < -0.3 is 5.32 Å². The molecule has 2 fully saturated rings. The molecule has 1 N–H and O–H groups in total. The lowest BCUT2D eigenvalue weighted by Crippen LogP contribution is -2.40. The zero-order chi connectivity index (χ0) is 12.4. The maximum atomic E-state index is 5.97. The Morgan fingerprint density at radius 1 is 1.33 bits per heavy atom. The smallest absolute Gasteiger partial charge is 0.0516 e. The van der Waals surface area contributed by atoms with E-state index in [9.17, 15) is 0 Å². The average Bonchev–Trinajstić information content (AvgIpc) is 3.02. The zero-order valence-electron chi connectivity index (χ0n) is 10.7. The molecule has 2 saturated heterocycles. The fourth-order valence-corrected chi connectivity index (χ4v) is 4.40. The summed E-state index contributed by atoms with van der Waals surface area (Å²) in [6.07, 6.45) is 5.48. The van der Waals surface area contributed by atoms with Crippen molar-refractivity contribution in [1.82, 2.24) is 10.2 Å². The summed E-state index contributed by atoms with van der Waals surface area (Å²) in [5, 5.41) is 6.58. The molecule has 1 unspecified atom stereocenters. The highest BCUT2D eigenvalue weighted by molar-refractivity contribution is 7.10. The summed E-state index contributed by atoms with van der Waals surface area (Å²) in [6.45, 7) is 4.82. The second-order valence-corrected chi connectivity index (χ2v) is 6.98. The highest BCUT2D eigenvalue weighted by Crippen LogP contribution is 2.27. The van der Waals surface area contributed by atoms with Crippen molar-refractivity contribution in [2.24, 2.45) is 5.92 Å². The van der Waals surface area contributed by atoms with Crippen LogP contribution in [0.1, 0.15) is 30.6 Å². The van der Waals surface area contributed by atoms with Crippen LogP contribution in [0.25, 0.3) is 0 Å². The molecule has 1 aromatic rings. The number of likely N-dealkylation sites (tertiary alicyclic amines) is 1. The largest absolute Gasteiger partial charge is 0.314 e. The molecule has 0 bridgehead atoms. The molecule has 3 rings (SSSR count). The van der Waals surface area contributed by atoms with Crippen molar-refractivity contribution in [3.63, 3.8) is 0 Å². The van der Waals surface area contributed by atoms with Crippen LogP contribution in [0.5, 0.6) is 0 Å². The van der Waals surface area contributed by atoms with Gasteiger partial charge in [0.2, 0.25) is 0 Å². The van der Waals surface area contributed by atoms with Crippen LogP contribution in [-0.2, 0) is 6.54 Å². The Morgan fingerprint density at radius 2 is 2.17 bits per heavy atom. The van der Waals surface area contributed by atoms with Gasteiger partial charge in [0.1, 0.15) is 0 Å². The maximum absolute atomic E-state index is 5.97. The minimum absolute atomic E-state index is 0.809. The highest BCUT2D eigenvalue weighted by atomic mass is 35.5. The summed E-state index contributed by atoms with van der Waals surface area (Å²) in [6, 6.07) is 2.92. The number of thiophene rings is 1. The van der Waals surface area contributed by atoms with E-state index in [1.54, 1.807) is 11.3 Å². The number of halogens is 1. The van der Waals surface area contributed by atoms with Crippen molar-refractivity contribution in [3.05, 3.63) is 21.3 Å². The Labute approximate surface area is 118 Å². The van der Waals surface area contributed by atoms with Crippen molar-refractivity contribution >= 4 is 22.9 Å². The molecule has 2 aliphatic heterocycles. The van der Waals surface area contributed by atoms with Gasteiger partial charge in [-0.3, -0.25) is 4.90 Å². The Kier molecular flexibility index (Phi) is 4.24. The fourth-order valence-electron chi connectivity index (χ4n) is 3.28. The second kappa shape index (κ2) is 5.91. The first kappa shape index (κ1) is 12.9. The molecule has 3 heterocycles. The van der Waals surface area contributed by atoms with Gasteiger partial charge in [0, 0.05) is 22.8 Å². The third-order valence-electron chi connectivity index (χ3n) is 4.30. The van der Waals surface area contributed by atoms with E-state index in [4.69, 9.17) is 11.6 Å². The van der Waals surface area contributed by atoms with Crippen molar-refractivity contribution in [2.75, 3.05) is 19.6 Å². The van der Waals surface area contributed by atoms with E-state index in [-0.39, 0.29) is 0 Å². The van der Waals surface area contributed by atoms with Crippen LogP contribution in [-0.4, -0.2) is 30.6 Å². The van der Waals surface area contributed by atoms with Crippen LogP contribution in [0.3, 0.4) is 0 Å². The van der Waals surface area contributed by atoms with E-state index >= 15 is 0 Å². The molecule has 0 spiro atoms. The maximum Gasteiger partial charge on any atom is 0.0516 e. The van der Waals surface area contributed by atoms with E-state index in [1.807, 2.05) is 5.38 Å². The van der Waals surface area contributed by atoms with Gasteiger partial charge in [0.15, 0.2) is 0 Å². The molecule has 4 heteroatoms. The van der Waals surface area contributed by atoms with Crippen LogP contribution < -0.4 is 5.32 Å². The molecular weight excluding hydrogens is 264 g/mol. The van der Waals surface area contributed by atoms with Crippen molar-refractivity contribution in [1.29, 1.82) is 0 Å². The van der Waals surface area contributed by atoms with E-state index < -0.39 is 0 Å². The molecule has 2 aliphatic rings. The standard InChI is InChI=1S/C14H21ClN2S/c15-12-8-13(18-10-12)9-17-6-3-11(4-7-17)14-2-1-5-16-14/h8,10-11,14,16H,1-7,9H2. The topological polar surface area (TPSA) is 15.3 Å². The monoisotopic (exact) mass is 284 g/mol. The highest BCUT2D eigenvalue weighted by Gasteiger charge is 2.28. The van der Waals surface area contributed by atoms with E-state index in [0.29, 0.717) is 0 Å². The summed E-state index contributed by atoms with van der Waals surface area (Å²) in [5.41, 5.74) is 0. The van der Waals surface area contributed by atoms with Gasteiger partial charge >= 0.3 is 0 Å². The predicted octanol–water partition coefficient (Wildman–Crippen LogP) is 3.37. The lowest BCUT2D eigenvalue weighted by molar-refractivity contribution is 0.158. The van der Waals surface area contributed by atoms with Gasteiger partial charge in [-0.25, -0.2) is 0 Å². The number of nitrogens with one attached hydrogen (secondary N) is 1. The summed E-state index contributed by atoms with van der Waals surface area (Å²) in [4.78, 5) is 3.98. The van der Waals surface area contributed by atoms with Crippen LogP contribution in [0.15, 0.2) is 11.4 Å². The fraction of sp³-hybridized carbons (Fsp3) is 0.714. The van der Waals surface area contributed by atoms with Gasteiger partial charge in [-0.05, 0) is 57.3 Å². The first-order valence-electron chi connectivity index (χ1n) is 7.00. The summed E-state index contributed by atoms with van der Waals surface area (Å²) < 4.78 is 0. The van der Waals surface area contributed by atoms with Gasteiger partial charge in [-0.2, -0.15) is 0 Å². The molecule has 2 nitrogen and oxygen atoms in total. The first-order valence-corrected chi connectivity index (χ1v) is 8.25. The SMILES string of the molecule is Clc1csc(CN2CCC(C3CCCN3)CC2)c1. The molecular formula is C14H21ClN2S. The minimum Gasteiger partial charge on any atom is -0.314 e. The number of rotatable bonds is 3.